The second-order valence-electron chi connectivity index (χ2n) is 6.53. The summed E-state index contributed by atoms with van der Waals surface area (Å²) in [5.41, 5.74) is 1.29. The van der Waals surface area contributed by atoms with Crippen LogP contribution in [-0.4, -0.2) is 27.2 Å². The van der Waals surface area contributed by atoms with Crippen molar-refractivity contribution in [3.63, 3.8) is 0 Å². The number of carbonyl (C=O) groups is 1. The normalized spacial score (nSPS) is 11.1. The van der Waals surface area contributed by atoms with Crippen LogP contribution in [0.25, 0.3) is 0 Å². The molecule has 9 heteroatoms. The van der Waals surface area contributed by atoms with Crippen LogP contribution in [0.4, 0.5) is 5.69 Å². The SMILES string of the molecule is CS(=O)(=O)N(Cc1ccc(Cl)cc1)c1ccc(OCC(=O)NCc2ccco2)cc1. The molecule has 0 saturated carbocycles. The van der Waals surface area contributed by atoms with Gasteiger partial charge in [0.25, 0.3) is 5.91 Å². The Morgan fingerprint density at radius 3 is 2.40 bits per heavy atom. The number of sulfonamides is 1. The number of carbonyl (C=O) groups excluding carboxylic acids is 1. The lowest BCUT2D eigenvalue weighted by atomic mass is 10.2. The van der Waals surface area contributed by atoms with Gasteiger partial charge < -0.3 is 14.5 Å². The third-order valence-corrected chi connectivity index (χ3v) is 5.57. The first-order valence-corrected chi connectivity index (χ1v) is 11.3. The van der Waals surface area contributed by atoms with Gasteiger partial charge in [-0.05, 0) is 54.1 Å². The summed E-state index contributed by atoms with van der Waals surface area (Å²) >= 11 is 5.89. The molecule has 0 atom stereocenters. The number of nitrogens with zero attached hydrogens (tertiary/aromatic N) is 1. The van der Waals surface area contributed by atoms with Crippen LogP contribution in [0.1, 0.15) is 11.3 Å². The van der Waals surface area contributed by atoms with Gasteiger partial charge >= 0.3 is 0 Å². The first-order chi connectivity index (χ1) is 14.3. The van der Waals surface area contributed by atoms with Gasteiger partial charge in [0.1, 0.15) is 11.5 Å². The van der Waals surface area contributed by atoms with E-state index in [1.807, 2.05) is 0 Å². The van der Waals surface area contributed by atoms with Crippen molar-refractivity contribution in [3.05, 3.63) is 83.3 Å². The number of anilines is 1. The zero-order valence-electron chi connectivity index (χ0n) is 16.2. The molecule has 0 radical (unpaired) electrons. The molecule has 158 valence electrons. The number of hydrogen-bond donors (Lipinski definition) is 1. The van der Waals surface area contributed by atoms with Crippen molar-refractivity contribution in [2.45, 2.75) is 13.1 Å². The summed E-state index contributed by atoms with van der Waals surface area (Å²) < 4.78 is 36.5. The number of furan rings is 1. The van der Waals surface area contributed by atoms with Crippen LogP contribution in [0.5, 0.6) is 5.75 Å². The molecule has 0 fully saturated rings. The lowest BCUT2D eigenvalue weighted by Crippen LogP contribution is -2.29. The lowest BCUT2D eigenvalue weighted by molar-refractivity contribution is -0.123. The first kappa shape index (κ1) is 21.7. The summed E-state index contributed by atoms with van der Waals surface area (Å²) in [6.07, 6.45) is 2.68. The monoisotopic (exact) mass is 448 g/mol. The number of nitrogens with one attached hydrogen (secondary N) is 1. The highest BCUT2D eigenvalue weighted by molar-refractivity contribution is 7.92. The highest BCUT2D eigenvalue weighted by atomic mass is 35.5. The van der Waals surface area contributed by atoms with Crippen molar-refractivity contribution in [3.8, 4) is 5.75 Å². The van der Waals surface area contributed by atoms with Crippen molar-refractivity contribution in [1.29, 1.82) is 0 Å². The van der Waals surface area contributed by atoms with Crippen molar-refractivity contribution in [1.82, 2.24) is 5.32 Å². The Morgan fingerprint density at radius 2 is 1.80 bits per heavy atom. The summed E-state index contributed by atoms with van der Waals surface area (Å²) in [5, 5.41) is 3.26. The Morgan fingerprint density at radius 1 is 1.10 bits per heavy atom. The fourth-order valence-corrected chi connectivity index (χ4v) is 3.68. The van der Waals surface area contributed by atoms with E-state index < -0.39 is 10.0 Å². The molecule has 1 aromatic heterocycles. The molecule has 1 N–H and O–H groups in total. The minimum absolute atomic E-state index is 0.166. The van der Waals surface area contributed by atoms with E-state index in [1.54, 1.807) is 60.7 Å². The van der Waals surface area contributed by atoms with E-state index in [0.29, 0.717) is 22.2 Å². The molecule has 30 heavy (non-hydrogen) atoms. The number of rotatable bonds is 9. The molecular formula is C21H21ClN2O5S. The van der Waals surface area contributed by atoms with E-state index >= 15 is 0 Å². The second kappa shape index (κ2) is 9.69. The van der Waals surface area contributed by atoms with Crippen LogP contribution in [0.3, 0.4) is 0 Å². The Hall–Kier alpha value is -2.97. The zero-order valence-corrected chi connectivity index (χ0v) is 17.8. The summed E-state index contributed by atoms with van der Waals surface area (Å²) in [6.45, 7) is 0.286. The second-order valence-corrected chi connectivity index (χ2v) is 8.88. The predicted molar refractivity (Wildman–Crippen MR) is 115 cm³/mol. The van der Waals surface area contributed by atoms with Crippen molar-refractivity contribution < 1.29 is 22.4 Å². The fourth-order valence-electron chi connectivity index (χ4n) is 2.66. The molecule has 3 rings (SSSR count). The number of ether oxygens (including phenoxy) is 1. The average Bonchev–Trinajstić information content (AvgIpc) is 3.23. The smallest absolute Gasteiger partial charge is 0.258 e. The van der Waals surface area contributed by atoms with E-state index in [2.05, 4.69) is 5.32 Å². The van der Waals surface area contributed by atoms with Crippen LogP contribution in [0.2, 0.25) is 5.02 Å². The number of hydrogen-bond acceptors (Lipinski definition) is 5. The van der Waals surface area contributed by atoms with Gasteiger partial charge in [0.05, 0.1) is 31.3 Å². The van der Waals surface area contributed by atoms with Gasteiger partial charge in [-0.3, -0.25) is 9.10 Å². The van der Waals surface area contributed by atoms with Crippen LogP contribution in [-0.2, 0) is 27.9 Å². The van der Waals surface area contributed by atoms with E-state index in [4.69, 9.17) is 20.8 Å². The van der Waals surface area contributed by atoms with Crippen molar-refractivity contribution in [2.75, 3.05) is 17.2 Å². The lowest BCUT2D eigenvalue weighted by Gasteiger charge is -2.23. The van der Waals surface area contributed by atoms with Gasteiger partial charge in [-0.15, -0.1) is 0 Å². The minimum atomic E-state index is -3.51. The minimum Gasteiger partial charge on any atom is -0.484 e. The van der Waals surface area contributed by atoms with E-state index in [1.165, 1.54) is 10.6 Å². The Labute approximate surface area is 180 Å². The van der Waals surface area contributed by atoms with Crippen molar-refractivity contribution in [2.24, 2.45) is 0 Å². The third kappa shape index (κ3) is 6.27. The fraction of sp³-hybridized carbons (Fsp3) is 0.190. The molecule has 1 heterocycles. The molecule has 3 aromatic rings. The summed E-state index contributed by atoms with van der Waals surface area (Å²) in [6, 6.07) is 17.0. The van der Waals surface area contributed by atoms with Crippen LogP contribution in [0.15, 0.2) is 71.3 Å². The maximum Gasteiger partial charge on any atom is 0.258 e. The predicted octanol–water partition coefficient (Wildman–Crippen LogP) is 3.59. The quantitative estimate of drug-likeness (QED) is 0.540. The van der Waals surface area contributed by atoms with E-state index in [0.717, 1.165) is 11.8 Å². The van der Waals surface area contributed by atoms with Crippen LogP contribution < -0.4 is 14.4 Å². The highest BCUT2D eigenvalue weighted by Crippen LogP contribution is 2.24. The van der Waals surface area contributed by atoms with Crippen molar-refractivity contribution >= 4 is 33.2 Å². The molecule has 0 aliphatic rings. The largest absolute Gasteiger partial charge is 0.484 e. The molecule has 0 aliphatic heterocycles. The van der Waals surface area contributed by atoms with E-state index in [-0.39, 0.29) is 25.6 Å². The zero-order chi connectivity index (χ0) is 21.6. The van der Waals surface area contributed by atoms with Gasteiger partial charge in [0.2, 0.25) is 10.0 Å². The van der Waals surface area contributed by atoms with Gasteiger partial charge in [-0.25, -0.2) is 8.42 Å². The molecule has 7 nitrogen and oxygen atoms in total. The molecule has 0 aliphatic carbocycles. The maximum atomic E-state index is 12.3. The van der Waals surface area contributed by atoms with Gasteiger partial charge in [-0.1, -0.05) is 23.7 Å². The molecule has 0 spiro atoms. The number of halogens is 1. The molecular weight excluding hydrogens is 428 g/mol. The number of amides is 1. The summed E-state index contributed by atoms with van der Waals surface area (Å²) in [7, 11) is -3.51. The van der Waals surface area contributed by atoms with Gasteiger partial charge in [0.15, 0.2) is 6.61 Å². The summed E-state index contributed by atoms with van der Waals surface area (Å²) in [4.78, 5) is 11.9. The molecule has 1 amide bonds. The highest BCUT2D eigenvalue weighted by Gasteiger charge is 2.18. The Kier molecular flexibility index (Phi) is 7.02. The first-order valence-electron chi connectivity index (χ1n) is 9.05. The molecule has 0 bridgehead atoms. The van der Waals surface area contributed by atoms with Gasteiger partial charge in [0, 0.05) is 5.02 Å². The van der Waals surface area contributed by atoms with Gasteiger partial charge in [-0.2, -0.15) is 0 Å². The maximum absolute atomic E-state index is 12.3. The van der Waals surface area contributed by atoms with Crippen LogP contribution >= 0.6 is 11.6 Å². The Bertz CT molecular complexity index is 1070. The third-order valence-electron chi connectivity index (χ3n) is 4.17. The summed E-state index contributed by atoms with van der Waals surface area (Å²) in [5.74, 6) is 0.803. The van der Waals surface area contributed by atoms with E-state index in [9.17, 15) is 13.2 Å². The molecule has 0 unspecified atom stereocenters. The number of benzene rings is 2. The molecule has 0 saturated heterocycles. The topological polar surface area (TPSA) is 88.8 Å². The molecule has 2 aromatic carbocycles. The standard InChI is InChI=1S/C21H21ClN2O5S/c1-30(26,27)24(14-16-4-6-17(22)7-5-16)18-8-10-19(11-9-18)29-15-21(25)23-13-20-3-2-12-28-20/h2-12H,13-15H2,1H3,(H,23,25). The van der Waals surface area contributed by atoms with Crippen LogP contribution in [0, 0.1) is 0 Å². The average molecular weight is 449 g/mol. The Balaban J connectivity index is 1.60.